The van der Waals surface area contributed by atoms with Gasteiger partial charge in [0.1, 0.15) is 10.8 Å². The molecule has 4 nitrogen and oxygen atoms in total. The first-order valence-electron chi connectivity index (χ1n) is 6.16. The third kappa shape index (κ3) is 4.22. The molecular formula is C14H17N3OS. The first kappa shape index (κ1) is 13.8. The van der Waals surface area contributed by atoms with Gasteiger partial charge in [-0.3, -0.25) is 4.98 Å². The molecule has 1 aromatic carbocycles. The highest BCUT2D eigenvalue weighted by Gasteiger charge is 2.07. The SMILES string of the molecule is CCOc1ccc(C(N)CSc2cnccn2)cc1. The Morgan fingerprint density at radius 2 is 2.05 bits per heavy atom. The van der Waals surface area contributed by atoms with Crippen LogP contribution in [0, 0.1) is 0 Å². The van der Waals surface area contributed by atoms with E-state index in [9.17, 15) is 0 Å². The van der Waals surface area contributed by atoms with Gasteiger partial charge in [0.25, 0.3) is 0 Å². The highest BCUT2D eigenvalue weighted by atomic mass is 32.2. The number of ether oxygens (including phenoxy) is 1. The second-order valence-electron chi connectivity index (χ2n) is 3.96. The molecule has 0 radical (unpaired) electrons. The van der Waals surface area contributed by atoms with Gasteiger partial charge in [-0.25, -0.2) is 4.98 Å². The molecule has 0 aliphatic carbocycles. The molecule has 2 rings (SSSR count). The van der Waals surface area contributed by atoms with Gasteiger partial charge in [0, 0.05) is 24.2 Å². The normalized spacial score (nSPS) is 12.1. The van der Waals surface area contributed by atoms with Gasteiger partial charge in [0.15, 0.2) is 0 Å². The Bertz CT molecular complexity index is 490. The Hall–Kier alpha value is -1.59. The number of nitrogens with zero attached hydrogens (tertiary/aromatic N) is 2. The lowest BCUT2D eigenvalue weighted by Gasteiger charge is -2.12. The molecule has 1 heterocycles. The minimum atomic E-state index is -0.0253. The topological polar surface area (TPSA) is 61.0 Å². The van der Waals surface area contributed by atoms with E-state index in [1.807, 2.05) is 31.2 Å². The van der Waals surface area contributed by atoms with Gasteiger partial charge in [-0.15, -0.1) is 11.8 Å². The molecule has 0 spiro atoms. The van der Waals surface area contributed by atoms with Crippen molar-refractivity contribution in [3.63, 3.8) is 0 Å². The Morgan fingerprint density at radius 3 is 2.68 bits per heavy atom. The lowest BCUT2D eigenvalue weighted by molar-refractivity contribution is 0.340. The van der Waals surface area contributed by atoms with Crippen molar-refractivity contribution >= 4 is 11.8 Å². The summed E-state index contributed by atoms with van der Waals surface area (Å²) in [4.78, 5) is 8.23. The summed E-state index contributed by atoms with van der Waals surface area (Å²) < 4.78 is 5.41. The Balaban J connectivity index is 1.90. The largest absolute Gasteiger partial charge is 0.494 e. The van der Waals surface area contributed by atoms with Crippen LogP contribution >= 0.6 is 11.8 Å². The van der Waals surface area contributed by atoms with Gasteiger partial charge in [-0.2, -0.15) is 0 Å². The highest BCUT2D eigenvalue weighted by molar-refractivity contribution is 7.99. The average Bonchev–Trinajstić information content (AvgIpc) is 2.47. The van der Waals surface area contributed by atoms with Crippen LogP contribution in [0.4, 0.5) is 0 Å². The number of hydrogen-bond donors (Lipinski definition) is 1. The molecule has 100 valence electrons. The third-order valence-corrected chi connectivity index (χ3v) is 3.60. The van der Waals surface area contributed by atoms with Gasteiger partial charge >= 0.3 is 0 Å². The summed E-state index contributed by atoms with van der Waals surface area (Å²) >= 11 is 1.61. The van der Waals surface area contributed by atoms with E-state index >= 15 is 0 Å². The smallest absolute Gasteiger partial charge is 0.119 e. The van der Waals surface area contributed by atoms with E-state index in [0.29, 0.717) is 6.61 Å². The number of rotatable bonds is 6. The van der Waals surface area contributed by atoms with Crippen molar-refractivity contribution in [2.24, 2.45) is 5.73 Å². The summed E-state index contributed by atoms with van der Waals surface area (Å²) in [5.41, 5.74) is 7.25. The number of aromatic nitrogens is 2. The third-order valence-electron chi connectivity index (χ3n) is 2.57. The van der Waals surface area contributed by atoms with Gasteiger partial charge in [0.2, 0.25) is 0 Å². The molecule has 0 saturated carbocycles. The molecule has 0 aliphatic heterocycles. The number of hydrogen-bond acceptors (Lipinski definition) is 5. The zero-order chi connectivity index (χ0) is 13.5. The minimum absolute atomic E-state index is 0.0253. The van der Waals surface area contributed by atoms with Crippen LogP contribution in [0.25, 0.3) is 0 Å². The van der Waals surface area contributed by atoms with Crippen molar-refractivity contribution in [1.82, 2.24) is 9.97 Å². The van der Waals surface area contributed by atoms with Crippen molar-refractivity contribution in [2.45, 2.75) is 18.0 Å². The van der Waals surface area contributed by atoms with E-state index in [0.717, 1.165) is 22.1 Å². The lowest BCUT2D eigenvalue weighted by atomic mass is 10.1. The zero-order valence-electron chi connectivity index (χ0n) is 10.8. The molecule has 2 aromatic rings. The van der Waals surface area contributed by atoms with E-state index in [1.165, 1.54) is 0 Å². The van der Waals surface area contributed by atoms with Crippen LogP contribution in [0.1, 0.15) is 18.5 Å². The maximum atomic E-state index is 6.16. The fourth-order valence-electron chi connectivity index (χ4n) is 1.61. The van der Waals surface area contributed by atoms with Crippen LogP contribution in [0.15, 0.2) is 47.9 Å². The van der Waals surface area contributed by atoms with E-state index in [-0.39, 0.29) is 6.04 Å². The standard InChI is InChI=1S/C14H17N3OS/c1-2-18-12-5-3-11(4-6-12)13(15)10-19-14-9-16-7-8-17-14/h3-9,13H,2,10,15H2,1H3. The summed E-state index contributed by atoms with van der Waals surface area (Å²) in [6, 6.07) is 7.89. The molecule has 0 amide bonds. The Labute approximate surface area is 117 Å². The molecule has 1 unspecified atom stereocenters. The lowest BCUT2D eigenvalue weighted by Crippen LogP contribution is -2.13. The summed E-state index contributed by atoms with van der Waals surface area (Å²) in [5, 5.41) is 0.892. The number of nitrogens with two attached hydrogens (primary N) is 1. The molecule has 0 aliphatic rings. The molecule has 0 bridgehead atoms. The molecule has 1 atom stereocenters. The van der Waals surface area contributed by atoms with Crippen LogP contribution in [-0.4, -0.2) is 22.3 Å². The molecule has 5 heteroatoms. The molecule has 1 aromatic heterocycles. The monoisotopic (exact) mass is 275 g/mol. The van der Waals surface area contributed by atoms with Gasteiger partial charge in [-0.05, 0) is 24.6 Å². The quantitative estimate of drug-likeness (QED) is 0.821. The number of benzene rings is 1. The van der Waals surface area contributed by atoms with Crippen molar-refractivity contribution < 1.29 is 4.74 Å². The summed E-state index contributed by atoms with van der Waals surface area (Å²) in [6.07, 6.45) is 5.09. The van der Waals surface area contributed by atoms with E-state index in [2.05, 4.69) is 9.97 Å². The fourth-order valence-corrected chi connectivity index (χ4v) is 2.42. The summed E-state index contributed by atoms with van der Waals surface area (Å²) in [6.45, 7) is 2.64. The van der Waals surface area contributed by atoms with Crippen LogP contribution in [0.3, 0.4) is 0 Å². The highest BCUT2D eigenvalue weighted by Crippen LogP contribution is 2.22. The average molecular weight is 275 g/mol. The second-order valence-corrected chi connectivity index (χ2v) is 5.00. The first-order chi connectivity index (χ1) is 9.29. The van der Waals surface area contributed by atoms with Crippen LogP contribution in [0.5, 0.6) is 5.75 Å². The molecule has 2 N–H and O–H groups in total. The molecule has 0 saturated heterocycles. The minimum Gasteiger partial charge on any atom is -0.494 e. The van der Waals surface area contributed by atoms with Crippen molar-refractivity contribution in [3.05, 3.63) is 48.4 Å². The van der Waals surface area contributed by atoms with Crippen molar-refractivity contribution in [2.75, 3.05) is 12.4 Å². The fraction of sp³-hybridized carbons (Fsp3) is 0.286. The first-order valence-corrected chi connectivity index (χ1v) is 7.15. The Kier molecular flexibility index (Phi) is 5.18. The van der Waals surface area contributed by atoms with Crippen LogP contribution in [0.2, 0.25) is 0 Å². The van der Waals surface area contributed by atoms with E-state index < -0.39 is 0 Å². The molecule has 19 heavy (non-hydrogen) atoms. The van der Waals surface area contributed by atoms with Gasteiger partial charge < -0.3 is 10.5 Å². The van der Waals surface area contributed by atoms with Crippen molar-refractivity contribution in [1.29, 1.82) is 0 Å². The number of thioether (sulfide) groups is 1. The van der Waals surface area contributed by atoms with E-state index in [4.69, 9.17) is 10.5 Å². The van der Waals surface area contributed by atoms with Crippen molar-refractivity contribution in [3.8, 4) is 5.75 Å². The summed E-state index contributed by atoms with van der Waals surface area (Å²) in [7, 11) is 0. The molecular weight excluding hydrogens is 258 g/mol. The summed E-state index contributed by atoms with van der Waals surface area (Å²) in [5.74, 6) is 1.65. The predicted octanol–water partition coefficient (Wildman–Crippen LogP) is 2.67. The predicted molar refractivity (Wildman–Crippen MR) is 77.3 cm³/mol. The van der Waals surface area contributed by atoms with Crippen LogP contribution < -0.4 is 10.5 Å². The second kappa shape index (κ2) is 7.11. The Morgan fingerprint density at radius 1 is 1.26 bits per heavy atom. The maximum Gasteiger partial charge on any atom is 0.119 e. The van der Waals surface area contributed by atoms with Crippen LogP contribution in [-0.2, 0) is 0 Å². The maximum absolute atomic E-state index is 6.16. The zero-order valence-corrected chi connectivity index (χ0v) is 11.6. The van der Waals surface area contributed by atoms with Gasteiger partial charge in [-0.1, -0.05) is 12.1 Å². The van der Waals surface area contributed by atoms with E-state index in [1.54, 1.807) is 30.4 Å². The molecule has 0 fully saturated rings. The van der Waals surface area contributed by atoms with Gasteiger partial charge in [0.05, 0.1) is 12.8 Å².